The summed E-state index contributed by atoms with van der Waals surface area (Å²) in [5.41, 5.74) is 0.658. The molecule has 9 nitrogen and oxygen atoms in total. The lowest BCUT2D eigenvalue weighted by Crippen LogP contribution is -2.24. The number of aromatic carboxylic acids is 1. The van der Waals surface area contributed by atoms with Gasteiger partial charge in [0.2, 0.25) is 5.95 Å². The van der Waals surface area contributed by atoms with Crippen molar-refractivity contribution >= 4 is 17.0 Å². The van der Waals surface area contributed by atoms with Gasteiger partial charge < -0.3 is 5.11 Å². The van der Waals surface area contributed by atoms with Crippen LogP contribution in [0.3, 0.4) is 0 Å². The molecule has 0 radical (unpaired) electrons. The molecule has 1 fully saturated rings. The summed E-state index contributed by atoms with van der Waals surface area (Å²) in [6.45, 7) is 4.52. The lowest BCUT2D eigenvalue weighted by molar-refractivity contribution is 0.0697. The minimum atomic E-state index is -1.09. The van der Waals surface area contributed by atoms with E-state index in [0.717, 1.165) is 31.6 Å². The fraction of sp³-hybridized carbons (Fsp3) is 0.500. The molecule has 3 heterocycles. The van der Waals surface area contributed by atoms with Crippen LogP contribution in [-0.4, -0.2) is 40.6 Å². The quantitative estimate of drug-likeness (QED) is 0.728. The van der Waals surface area contributed by atoms with E-state index in [1.165, 1.54) is 17.1 Å². The number of aromatic nitrogens is 6. The Morgan fingerprint density at radius 1 is 1.22 bits per heavy atom. The molecule has 4 rings (SSSR count). The van der Waals surface area contributed by atoms with Crippen molar-refractivity contribution in [2.45, 2.75) is 45.6 Å². The molecule has 1 aliphatic carbocycles. The van der Waals surface area contributed by atoms with Gasteiger partial charge in [0.15, 0.2) is 5.52 Å². The molecule has 0 spiro atoms. The van der Waals surface area contributed by atoms with Crippen LogP contribution in [0, 0.1) is 11.8 Å². The highest BCUT2D eigenvalue weighted by molar-refractivity contribution is 5.87. The standard InChI is InChI=1S/C18H22N6O3/c1-10(2)11-3-5-13(6-4-11)24-15-14(8-20-24)21-18(22-16(15)25)23-9-12(7-19-23)17(26)27/h7-11,13H,3-6H2,1-2H3,(H,26,27)(H,21,22,25). The van der Waals surface area contributed by atoms with Gasteiger partial charge >= 0.3 is 5.97 Å². The van der Waals surface area contributed by atoms with Crippen LogP contribution in [0.5, 0.6) is 0 Å². The van der Waals surface area contributed by atoms with Gasteiger partial charge in [0.05, 0.1) is 24.0 Å². The molecule has 0 atom stereocenters. The van der Waals surface area contributed by atoms with Crippen LogP contribution in [0.2, 0.25) is 0 Å². The molecule has 0 aliphatic heterocycles. The maximum Gasteiger partial charge on any atom is 0.338 e. The van der Waals surface area contributed by atoms with Gasteiger partial charge in [-0.25, -0.2) is 14.5 Å². The molecule has 27 heavy (non-hydrogen) atoms. The zero-order valence-electron chi connectivity index (χ0n) is 15.3. The Morgan fingerprint density at radius 3 is 2.59 bits per heavy atom. The molecule has 0 saturated heterocycles. The van der Waals surface area contributed by atoms with E-state index in [9.17, 15) is 9.59 Å². The second-order valence-electron chi connectivity index (χ2n) is 7.50. The first kappa shape index (κ1) is 17.4. The number of hydrogen-bond donors (Lipinski definition) is 2. The molecule has 1 saturated carbocycles. The number of nitrogens with one attached hydrogen (secondary N) is 1. The van der Waals surface area contributed by atoms with Crippen LogP contribution < -0.4 is 5.56 Å². The van der Waals surface area contributed by atoms with Gasteiger partial charge in [-0.1, -0.05) is 13.8 Å². The summed E-state index contributed by atoms with van der Waals surface area (Å²) in [5.74, 6) is 0.490. The van der Waals surface area contributed by atoms with E-state index in [4.69, 9.17) is 5.11 Å². The van der Waals surface area contributed by atoms with Gasteiger partial charge in [-0.2, -0.15) is 10.2 Å². The summed E-state index contributed by atoms with van der Waals surface area (Å²) in [6, 6.07) is 0.203. The normalized spacial score (nSPS) is 20.4. The molecule has 0 bridgehead atoms. The van der Waals surface area contributed by atoms with E-state index < -0.39 is 5.97 Å². The Bertz CT molecular complexity index is 1040. The van der Waals surface area contributed by atoms with Crippen molar-refractivity contribution in [3.63, 3.8) is 0 Å². The molecule has 3 aromatic rings. The highest BCUT2D eigenvalue weighted by atomic mass is 16.4. The van der Waals surface area contributed by atoms with Gasteiger partial charge in [-0.15, -0.1) is 0 Å². The number of aromatic amines is 1. The molecule has 9 heteroatoms. The Kier molecular flexibility index (Phi) is 4.29. The molecule has 0 amide bonds. The van der Waals surface area contributed by atoms with Gasteiger partial charge in [0.25, 0.3) is 5.56 Å². The number of H-pyrrole nitrogens is 1. The molecule has 1 aliphatic rings. The minimum absolute atomic E-state index is 0.0235. The van der Waals surface area contributed by atoms with Crippen molar-refractivity contribution in [3.8, 4) is 5.95 Å². The van der Waals surface area contributed by atoms with Gasteiger partial charge in [0.1, 0.15) is 5.52 Å². The average Bonchev–Trinajstić information content (AvgIpc) is 3.29. The SMILES string of the molecule is CC(C)C1CCC(n2ncc3nc(-n4cc(C(=O)O)cn4)[nH]c(=O)c32)CC1. The highest BCUT2D eigenvalue weighted by Crippen LogP contribution is 2.36. The zero-order chi connectivity index (χ0) is 19.1. The van der Waals surface area contributed by atoms with E-state index in [1.54, 1.807) is 10.9 Å². The van der Waals surface area contributed by atoms with Crippen LogP contribution in [0.4, 0.5) is 0 Å². The van der Waals surface area contributed by atoms with E-state index in [0.29, 0.717) is 17.0 Å². The van der Waals surface area contributed by atoms with Crippen molar-refractivity contribution in [3.05, 3.63) is 34.5 Å². The summed E-state index contributed by atoms with van der Waals surface area (Å²) < 4.78 is 3.04. The van der Waals surface area contributed by atoms with E-state index in [2.05, 4.69) is 34.0 Å². The summed E-state index contributed by atoms with van der Waals surface area (Å²) in [7, 11) is 0. The fourth-order valence-electron chi connectivity index (χ4n) is 3.91. The van der Waals surface area contributed by atoms with Gasteiger partial charge in [0, 0.05) is 6.20 Å². The van der Waals surface area contributed by atoms with Crippen molar-refractivity contribution in [2.24, 2.45) is 11.8 Å². The van der Waals surface area contributed by atoms with Crippen LogP contribution in [-0.2, 0) is 0 Å². The number of carboxylic acid groups (broad SMARTS) is 1. The van der Waals surface area contributed by atoms with Crippen molar-refractivity contribution in [2.75, 3.05) is 0 Å². The van der Waals surface area contributed by atoms with Crippen LogP contribution in [0.1, 0.15) is 55.9 Å². The number of fused-ring (bicyclic) bond motifs is 1. The Hall–Kier alpha value is -2.97. The molecular weight excluding hydrogens is 348 g/mol. The fourth-order valence-corrected chi connectivity index (χ4v) is 3.91. The highest BCUT2D eigenvalue weighted by Gasteiger charge is 2.26. The average molecular weight is 370 g/mol. The number of rotatable bonds is 4. The van der Waals surface area contributed by atoms with Crippen molar-refractivity contribution in [1.29, 1.82) is 0 Å². The van der Waals surface area contributed by atoms with Crippen LogP contribution in [0.25, 0.3) is 17.0 Å². The third kappa shape index (κ3) is 3.13. The first-order valence-corrected chi connectivity index (χ1v) is 9.20. The second-order valence-corrected chi connectivity index (χ2v) is 7.50. The van der Waals surface area contributed by atoms with E-state index in [-0.39, 0.29) is 23.1 Å². The second kappa shape index (κ2) is 6.64. The predicted octanol–water partition coefficient (Wildman–Crippen LogP) is 2.39. The molecule has 0 unspecified atom stereocenters. The number of nitrogens with zero attached hydrogens (tertiary/aromatic N) is 5. The Labute approximate surface area is 155 Å². The maximum atomic E-state index is 12.7. The van der Waals surface area contributed by atoms with Crippen molar-refractivity contribution in [1.82, 2.24) is 29.5 Å². The van der Waals surface area contributed by atoms with Crippen LogP contribution >= 0.6 is 0 Å². The topological polar surface area (TPSA) is 119 Å². The van der Waals surface area contributed by atoms with Crippen LogP contribution in [0.15, 0.2) is 23.4 Å². The molecule has 2 N–H and O–H groups in total. The number of carbonyl (C=O) groups is 1. The zero-order valence-corrected chi connectivity index (χ0v) is 15.3. The molecular formula is C18H22N6O3. The number of carboxylic acids is 1. The number of hydrogen-bond acceptors (Lipinski definition) is 5. The summed E-state index contributed by atoms with van der Waals surface area (Å²) in [5, 5.41) is 17.4. The third-order valence-electron chi connectivity index (χ3n) is 5.52. The maximum absolute atomic E-state index is 12.7. The summed E-state index contributed by atoms with van der Waals surface area (Å²) in [4.78, 5) is 30.8. The van der Waals surface area contributed by atoms with E-state index in [1.807, 2.05) is 0 Å². The summed E-state index contributed by atoms with van der Waals surface area (Å²) in [6.07, 6.45) is 8.39. The third-order valence-corrected chi connectivity index (χ3v) is 5.52. The Balaban J connectivity index is 1.66. The summed E-state index contributed by atoms with van der Waals surface area (Å²) >= 11 is 0. The predicted molar refractivity (Wildman–Crippen MR) is 98.1 cm³/mol. The van der Waals surface area contributed by atoms with Gasteiger partial charge in [-0.3, -0.25) is 14.5 Å². The molecule has 142 valence electrons. The lowest BCUT2D eigenvalue weighted by Gasteiger charge is -2.31. The van der Waals surface area contributed by atoms with Gasteiger partial charge in [-0.05, 0) is 37.5 Å². The minimum Gasteiger partial charge on any atom is -0.478 e. The molecule has 0 aromatic carbocycles. The Morgan fingerprint density at radius 2 is 1.96 bits per heavy atom. The van der Waals surface area contributed by atoms with E-state index >= 15 is 0 Å². The first-order chi connectivity index (χ1) is 12.9. The molecule has 3 aromatic heterocycles. The smallest absolute Gasteiger partial charge is 0.338 e. The first-order valence-electron chi connectivity index (χ1n) is 9.20. The largest absolute Gasteiger partial charge is 0.478 e. The monoisotopic (exact) mass is 370 g/mol. The van der Waals surface area contributed by atoms with Crippen molar-refractivity contribution < 1.29 is 9.90 Å². The lowest BCUT2D eigenvalue weighted by atomic mass is 9.80.